The van der Waals surface area contributed by atoms with Gasteiger partial charge in [0, 0.05) is 0 Å². The molecule has 134 valence electrons. The van der Waals surface area contributed by atoms with E-state index in [2.05, 4.69) is 10.1 Å². The largest absolute Gasteiger partial charge is 0.468 e. The Morgan fingerprint density at radius 3 is 2.52 bits per heavy atom. The summed E-state index contributed by atoms with van der Waals surface area (Å²) in [4.78, 5) is 24.0. The van der Waals surface area contributed by atoms with Gasteiger partial charge in [-0.05, 0) is 24.3 Å². The number of hydrogen-bond donors (Lipinski definition) is 1. The molecule has 0 aliphatic heterocycles. The van der Waals surface area contributed by atoms with Gasteiger partial charge in [0.2, 0.25) is 15.9 Å². The predicted octanol–water partition coefficient (Wildman–Crippen LogP) is 1.47. The van der Waals surface area contributed by atoms with E-state index in [1.165, 1.54) is 25.5 Å². The van der Waals surface area contributed by atoms with Crippen LogP contribution >= 0.6 is 0 Å². The normalized spacial score (nSPS) is 11.3. The van der Waals surface area contributed by atoms with Gasteiger partial charge in [0.15, 0.2) is 0 Å². The van der Waals surface area contributed by atoms with Crippen molar-refractivity contribution in [2.75, 3.05) is 25.2 Å². The van der Waals surface area contributed by atoms with Crippen LogP contribution in [0.3, 0.4) is 0 Å². The van der Waals surface area contributed by atoms with Crippen molar-refractivity contribution in [3.63, 3.8) is 0 Å². The zero-order chi connectivity index (χ0) is 18.4. The van der Waals surface area contributed by atoms with Crippen molar-refractivity contribution in [3.05, 3.63) is 54.0 Å². The molecule has 0 atom stereocenters. The third-order valence-electron chi connectivity index (χ3n) is 3.31. The summed E-state index contributed by atoms with van der Waals surface area (Å²) in [6.45, 7) is -0.493. The highest BCUT2D eigenvalue weighted by Gasteiger charge is 2.22. The van der Waals surface area contributed by atoms with Gasteiger partial charge in [-0.1, -0.05) is 12.1 Å². The summed E-state index contributed by atoms with van der Waals surface area (Å²) in [6, 6.07) is 9.53. The highest BCUT2D eigenvalue weighted by Crippen LogP contribution is 2.16. The molecule has 0 saturated heterocycles. The van der Waals surface area contributed by atoms with Crippen LogP contribution in [0.1, 0.15) is 16.1 Å². The molecule has 1 aromatic carbocycles. The summed E-state index contributed by atoms with van der Waals surface area (Å²) in [5, 5.41) is 2.53. The van der Waals surface area contributed by atoms with Crippen molar-refractivity contribution >= 4 is 27.6 Å². The van der Waals surface area contributed by atoms with Gasteiger partial charge in [0.1, 0.15) is 5.76 Å². The zero-order valence-electron chi connectivity index (χ0n) is 13.8. The van der Waals surface area contributed by atoms with E-state index in [0.717, 1.165) is 10.6 Å². The van der Waals surface area contributed by atoms with Crippen LogP contribution in [0.4, 0.5) is 5.69 Å². The van der Waals surface area contributed by atoms with Gasteiger partial charge in [-0.15, -0.1) is 0 Å². The summed E-state index contributed by atoms with van der Waals surface area (Å²) in [7, 11) is -2.41. The summed E-state index contributed by atoms with van der Waals surface area (Å²) in [5.41, 5.74) is 0.418. The number of carbonyl (C=O) groups is 2. The molecule has 1 heterocycles. The van der Waals surface area contributed by atoms with Crippen molar-refractivity contribution in [2.24, 2.45) is 0 Å². The van der Waals surface area contributed by atoms with Crippen molar-refractivity contribution in [3.8, 4) is 0 Å². The third-order valence-corrected chi connectivity index (χ3v) is 4.50. The number of methoxy groups -OCH3 is 1. The summed E-state index contributed by atoms with van der Waals surface area (Å²) in [5.74, 6) is -0.784. The van der Waals surface area contributed by atoms with Gasteiger partial charge >= 0.3 is 5.97 Å². The minimum absolute atomic E-state index is 0.0715. The molecule has 0 aliphatic carbocycles. The first-order chi connectivity index (χ1) is 11.8. The average Bonchev–Trinajstić information content (AvgIpc) is 3.06. The number of para-hydroxylation sites is 1. The molecule has 0 spiro atoms. The molecular weight excluding hydrogens is 348 g/mol. The first-order valence-corrected chi connectivity index (χ1v) is 9.11. The Balaban J connectivity index is 2.13. The molecule has 0 bridgehead atoms. The van der Waals surface area contributed by atoms with E-state index in [4.69, 9.17) is 4.42 Å². The van der Waals surface area contributed by atoms with Crippen LogP contribution in [0.25, 0.3) is 0 Å². The maximum absolute atomic E-state index is 12.3. The molecule has 2 rings (SSSR count). The molecule has 25 heavy (non-hydrogen) atoms. The van der Waals surface area contributed by atoms with Crippen molar-refractivity contribution in [2.45, 2.75) is 6.54 Å². The predicted molar refractivity (Wildman–Crippen MR) is 90.4 cm³/mol. The lowest BCUT2D eigenvalue weighted by atomic mass is 10.2. The van der Waals surface area contributed by atoms with Gasteiger partial charge < -0.3 is 14.5 Å². The number of furan rings is 1. The average molecular weight is 366 g/mol. The lowest BCUT2D eigenvalue weighted by molar-refractivity contribution is -0.116. The zero-order valence-corrected chi connectivity index (χ0v) is 14.6. The smallest absolute Gasteiger partial charge is 0.339 e. The Labute approximate surface area is 145 Å². The standard InChI is InChI=1S/C16H18N2O6S/c1-23-16(20)13-7-3-4-8-14(13)17-15(19)11-18(25(2,21)22)10-12-6-5-9-24-12/h3-9H,10-11H2,1-2H3,(H,17,19). The third kappa shape index (κ3) is 5.16. The fraction of sp³-hybridized carbons (Fsp3) is 0.250. The molecule has 0 unspecified atom stereocenters. The van der Waals surface area contributed by atoms with Crippen molar-refractivity contribution in [1.82, 2.24) is 4.31 Å². The molecule has 0 radical (unpaired) electrons. The first-order valence-electron chi connectivity index (χ1n) is 7.26. The van der Waals surface area contributed by atoms with Crippen LogP contribution in [0.15, 0.2) is 47.1 Å². The van der Waals surface area contributed by atoms with E-state index < -0.39 is 28.4 Å². The lowest BCUT2D eigenvalue weighted by Gasteiger charge is -2.18. The fourth-order valence-corrected chi connectivity index (χ4v) is 2.81. The Morgan fingerprint density at radius 2 is 1.92 bits per heavy atom. The van der Waals surface area contributed by atoms with Gasteiger partial charge in [-0.25, -0.2) is 13.2 Å². The lowest BCUT2D eigenvalue weighted by Crippen LogP contribution is -2.37. The number of amides is 1. The second-order valence-electron chi connectivity index (χ2n) is 5.20. The molecule has 1 amide bonds. The second-order valence-corrected chi connectivity index (χ2v) is 7.18. The molecule has 9 heteroatoms. The van der Waals surface area contributed by atoms with Crippen LogP contribution in [0.2, 0.25) is 0 Å². The fourth-order valence-electron chi connectivity index (χ4n) is 2.10. The number of ether oxygens (including phenoxy) is 1. The van der Waals surface area contributed by atoms with Crippen LogP contribution in [0, 0.1) is 0 Å². The Morgan fingerprint density at radius 1 is 1.20 bits per heavy atom. The van der Waals surface area contributed by atoms with E-state index in [9.17, 15) is 18.0 Å². The topological polar surface area (TPSA) is 106 Å². The number of benzene rings is 1. The van der Waals surface area contributed by atoms with Gasteiger partial charge in [-0.3, -0.25) is 4.79 Å². The highest BCUT2D eigenvalue weighted by molar-refractivity contribution is 7.88. The van der Waals surface area contributed by atoms with E-state index in [1.54, 1.807) is 24.3 Å². The maximum Gasteiger partial charge on any atom is 0.339 e. The Kier molecular flexibility index (Phi) is 5.94. The van der Waals surface area contributed by atoms with Crippen LogP contribution in [-0.4, -0.2) is 44.5 Å². The molecule has 0 saturated carbocycles. The molecule has 8 nitrogen and oxygen atoms in total. The molecule has 2 aromatic rings. The second kappa shape index (κ2) is 7.95. The molecule has 1 N–H and O–H groups in total. The number of carbonyl (C=O) groups excluding carboxylic acids is 2. The van der Waals surface area contributed by atoms with Crippen LogP contribution in [0.5, 0.6) is 0 Å². The summed E-state index contributed by atoms with van der Waals surface area (Å²) < 4.78 is 34.5. The number of nitrogens with zero attached hydrogens (tertiary/aromatic N) is 1. The Bertz CT molecular complexity index is 845. The summed E-state index contributed by atoms with van der Waals surface area (Å²) >= 11 is 0. The van der Waals surface area contributed by atoms with Crippen LogP contribution in [-0.2, 0) is 26.1 Å². The molecule has 0 fully saturated rings. The SMILES string of the molecule is COC(=O)c1ccccc1NC(=O)CN(Cc1ccco1)S(C)(=O)=O. The van der Waals surface area contributed by atoms with Crippen LogP contribution < -0.4 is 5.32 Å². The molecule has 1 aromatic heterocycles. The van der Waals surface area contributed by atoms with E-state index in [0.29, 0.717) is 5.76 Å². The van der Waals surface area contributed by atoms with Gasteiger partial charge in [0.05, 0.1) is 44.0 Å². The molecular formula is C16H18N2O6S. The van der Waals surface area contributed by atoms with Gasteiger partial charge in [0.25, 0.3) is 0 Å². The van der Waals surface area contributed by atoms with E-state index >= 15 is 0 Å². The van der Waals surface area contributed by atoms with E-state index in [-0.39, 0.29) is 17.8 Å². The highest BCUT2D eigenvalue weighted by atomic mass is 32.2. The first kappa shape index (κ1) is 18.7. The minimum Gasteiger partial charge on any atom is -0.468 e. The number of sulfonamides is 1. The maximum atomic E-state index is 12.3. The van der Waals surface area contributed by atoms with Crippen molar-refractivity contribution in [1.29, 1.82) is 0 Å². The summed E-state index contributed by atoms with van der Waals surface area (Å²) in [6.07, 6.45) is 2.42. The number of nitrogens with one attached hydrogen (secondary N) is 1. The van der Waals surface area contributed by atoms with E-state index in [1.807, 2.05) is 0 Å². The Hall–Kier alpha value is -2.65. The number of esters is 1. The van der Waals surface area contributed by atoms with Crippen molar-refractivity contribution < 1.29 is 27.2 Å². The molecule has 0 aliphatic rings. The quantitative estimate of drug-likeness (QED) is 0.744. The number of rotatable bonds is 7. The monoisotopic (exact) mass is 366 g/mol. The minimum atomic E-state index is -3.64. The number of hydrogen-bond acceptors (Lipinski definition) is 6. The number of anilines is 1. The van der Waals surface area contributed by atoms with Gasteiger partial charge in [-0.2, -0.15) is 4.31 Å².